The number of hydrogen-bond acceptors (Lipinski definition) is 3. The van der Waals surface area contributed by atoms with Crippen LogP contribution < -0.4 is 10.6 Å². The minimum Gasteiger partial charge on any atom is -0.377 e. The molecule has 4 nitrogen and oxygen atoms in total. The summed E-state index contributed by atoms with van der Waals surface area (Å²) in [6.07, 6.45) is 3.79. The lowest BCUT2D eigenvalue weighted by molar-refractivity contribution is -0.115. The summed E-state index contributed by atoms with van der Waals surface area (Å²) in [4.78, 5) is 25.3. The molecule has 4 aromatic carbocycles. The molecule has 0 saturated carbocycles. The van der Waals surface area contributed by atoms with Crippen LogP contribution in [0.25, 0.3) is 17.2 Å². The molecular formula is C32H28N2O2. The summed E-state index contributed by atoms with van der Waals surface area (Å²) in [5.41, 5.74) is 6.61. The SMILES string of the molecule is C=C(/C=C/c1ccc(-c2ccccc2)cc1)NCC(=O)Nc1ccc(C)c(C(=O)c2ccccc2)c1. The molecule has 0 aromatic heterocycles. The molecule has 36 heavy (non-hydrogen) atoms. The van der Waals surface area contributed by atoms with Gasteiger partial charge in [0.25, 0.3) is 0 Å². The molecule has 1 amide bonds. The number of allylic oxidation sites excluding steroid dienone is 1. The molecular weight excluding hydrogens is 444 g/mol. The first-order chi connectivity index (χ1) is 17.5. The zero-order valence-electron chi connectivity index (χ0n) is 20.2. The Morgan fingerprint density at radius 3 is 2.14 bits per heavy atom. The van der Waals surface area contributed by atoms with E-state index in [-0.39, 0.29) is 18.2 Å². The fraction of sp³-hybridized carbons (Fsp3) is 0.0625. The first-order valence-corrected chi connectivity index (χ1v) is 11.8. The van der Waals surface area contributed by atoms with Crippen LogP contribution >= 0.6 is 0 Å². The van der Waals surface area contributed by atoms with Crippen LogP contribution in [0.2, 0.25) is 0 Å². The molecule has 0 unspecified atom stereocenters. The summed E-state index contributed by atoms with van der Waals surface area (Å²) < 4.78 is 0. The predicted molar refractivity (Wildman–Crippen MR) is 148 cm³/mol. The van der Waals surface area contributed by atoms with Gasteiger partial charge in [0.15, 0.2) is 5.78 Å². The standard InChI is InChI=1S/C32H28N2O2/c1-23-13-20-29(21-30(23)32(36)28-11-7-4-8-12-28)34-31(35)22-33-24(2)14-15-25-16-18-27(19-17-25)26-9-5-3-6-10-26/h3-21,33H,2,22H2,1H3,(H,34,35)/b15-14+. The minimum absolute atomic E-state index is 0.0615. The van der Waals surface area contributed by atoms with Crippen molar-refractivity contribution in [3.05, 3.63) is 144 Å². The van der Waals surface area contributed by atoms with Gasteiger partial charge in [0, 0.05) is 22.5 Å². The van der Waals surface area contributed by atoms with E-state index in [0.29, 0.717) is 22.5 Å². The van der Waals surface area contributed by atoms with Crippen molar-refractivity contribution in [1.29, 1.82) is 0 Å². The summed E-state index contributed by atoms with van der Waals surface area (Å²) in [5.74, 6) is -0.295. The van der Waals surface area contributed by atoms with E-state index in [4.69, 9.17) is 0 Å². The van der Waals surface area contributed by atoms with Gasteiger partial charge >= 0.3 is 0 Å². The molecule has 2 N–H and O–H groups in total. The number of carbonyl (C=O) groups is 2. The highest BCUT2D eigenvalue weighted by Crippen LogP contribution is 2.20. The summed E-state index contributed by atoms with van der Waals surface area (Å²) in [5, 5.41) is 5.87. The van der Waals surface area contributed by atoms with Gasteiger partial charge in [0.05, 0.1) is 6.54 Å². The Kier molecular flexibility index (Phi) is 7.89. The number of benzene rings is 4. The Bertz CT molecular complexity index is 1390. The topological polar surface area (TPSA) is 58.2 Å². The molecule has 178 valence electrons. The molecule has 0 aliphatic carbocycles. The van der Waals surface area contributed by atoms with Crippen molar-refractivity contribution in [2.24, 2.45) is 0 Å². The smallest absolute Gasteiger partial charge is 0.243 e. The lowest BCUT2D eigenvalue weighted by atomic mass is 9.98. The monoisotopic (exact) mass is 472 g/mol. The van der Waals surface area contributed by atoms with E-state index in [0.717, 1.165) is 16.7 Å². The average Bonchev–Trinajstić information content (AvgIpc) is 2.92. The fourth-order valence-corrected chi connectivity index (χ4v) is 3.76. The Labute approximate surface area is 212 Å². The molecule has 4 rings (SSSR count). The van der Waals surface area contributed by atoms with Gasteiger partial charge in [-0.25, -0.2) is 0 Å². The second-order valence-electron chi connectivity index (χ2n) is 8.47. The van der Waals surface area contributed by atoms with Gasteiger partial charge in [-0.2, -0.15) is 0 Å². The molecule has 0 saturated heterocycles. The van der Waals surface area contributed by atoms with Crippen molar-refractivity contribution >= 4 is 23.5 Å². The van der Waals surface area contributed by atoms with Gasteiger partial charge in [-0.1, -0.05) is 104 Å². The van der Waals surface area contributed by atoms with Gasteiger partial charge in [-0.15, -0.1) is 0 Å². The molecule has 0 heterocycles. The summed E-state index contributed by atoms with van der Waals surface area (Å²) in [7, 11) is 0. The van der Waals surface area contributed by atoms with Crippen LogP contribution in [0.3, 0.4) is 0 Å². The number of nitrogens with one attached hydrogen (secondary N) is 2. The lowest BCUT2D eigenvalue weighted by Gasteiger charge is -2.11. The van der Waals surface area contributed by atoms with Crippen LogP contribution in [0.15, 0.2) is 121 Å². The number of anilines is 1. The van der Waals surface area contributed by atoms with Crippen molar-refractivity contribution in [2.45, 2.75) is 6.92 Å². The zero-order chi connectivity index (χ0) is 25.3. The van der Waals surface area contributed by atoms with Crippen LogP contribution in [0.4, 0.5) is 5.69 Å². The molecule has 0 fully saturated rings. The van der Waals surface area contributed by atoms with E-state index in [1.165, 1.54) is 5.56 Å². The maximum atomic E-state index is 12.9. The summed E-state index contributed by atoms with van der Waals surface area (Å²) >= 11 is 0. The van der Waals surface area contributed by atoms with Crippen molar-refractivity contribution in [1.82, 2.24) is 5.32 Å². The lowest BCUT2D eigenvalue weighted by Crippen LogP contribution is -2.27. The van der Waals surface area contributed by atoms with E-state index >= 15 is 0 Å². The third-order valence-electron chi connectivity index (χ3n) is 5.77. The largest absolute Gasteiger partial charge is 0.377 e. The highest BCUT2D eigenvalue weighted by atomic mass is 16.2. The van der Waals surface area contributed by atoms with Gasteiger partial charge in [-0.3, -0.25) is 9.59 Å². The summed E-state index contributed by atoms with van der Waals surface area (Å²) in [6, 6.07) is 32.9. The molecule has 0 atom stereocenters. The molecule has 0 aliphatic heterocycles. The maximum absolute atomic E-state index is 12.9. The molecule has 0 aliphatic rings. The molecule has 0 bridgehead atoms. The van der Waals surface area contributed by atoms with Gasteiger partial charge in [-0.05, 0) is 47.4 Å². The number of ketones is 1. The Hall–Kier alpha value is -4.70. The number of amides is 1. The van der Waals surface area contributed by atoms with E-state index in [1.54, 1.807) is 24.3 Å². The molecule has 4 heteroatoms. The van der Waals surface area contributed by atoms with E-state index in [1.807, 2.05) is 73.7 Å². The maximum Gasteiger partial charge on any atom is 0.243 e. The van der Waals surface area contributed by atoms with Crippen LogP contribution in [0.1, 0.15) is 27.0 Å². The minimum atomic E-state index is -0.223. The quantitative estimate of drug-likeness (QED) is 0.212. The third kappa shape index (κ3) is 6.45. The Balaban J connectivity index is 1.30. The number of rotatable bonds is 9. The first-order valence-electron chi connectivity index (χ1n) is 11.8. The van der Waals surface area contributed by atoms with Gasteiger partial charge < -0.3 is 10.6 Å². The van der Waals surface area contributed by atoms with Crippen molar-refractivity contribution in [2.75, 3.05) is 11.9 Å². The second-order valence-corrected chi connectivity index (χ2v) is 8.47. The van der Waals surface area contributed by atoms with Crippen molar-refractivity contribution in [3.8, 4) is 11.1 Å². The Morgan fingerprint density at radius 2 is 1.44 bits per heavy atom. The average molecular weight is 473 g/mol. The highest BCUT2D eigenvalue weighted by molar-refractivity contribution is 6.10. The van der Waals surface area contributed by atoms with Crippen LogP contribution in [-0.2, 0) is 4.79 Å². The van der Waals surface area contributed by atoms with Crippen molar-refractivity contribution in [3.63, 3.8) is 0 Å². The summed E-state index contributed by atoms with van der Waals surface area (Å²) in [6.45, 7) is 5.92. The Morgan fingerprint density at radius 1 is 0.806 bits per heavy atom. The van der Waals surface area contributed by atoms with E-state index in [2.05, 4.69) is 41.5 Å². The fourth-order valence-electron chi connectivity index (χ4n) is 3.76. The van der Waals surface area contributed by atoms with Gasteiger partial charge in [0.1, 0.15) is 0 Å². The molecule has 0 radical (unpaired) electrons. The van der Waals surface area contributed by atoms with Crippen LogP contribution in [0.5, 0.6) is 0 Å². The van der Waals surface area contributed by atoms with Gasteiger partial charge in [0.2, 0.25) is 5.91 Å². The number of carbonyl (C=O) groups excluding carboxylic acids is 2. The zero-order valence-corrected chi connectivity index (χ0v) is 20.2. The number of hydrogen-bond donors (Lipinski definition) is 2. The predicted octanol–water partition coefficient (Wildman–Crippen LogP) is 6.65. The number of aryl methyl sites for hydroxylation is 1. The normalized spacial score (nSPS) is 10.7. The molecule has 4 aromatic rings. The second kappa shape index (κ2) is 11.6. The van der Waals surface area contributed by atoms with E-state index < -0.39 is 0 Å². The van der Waals surface area contributed by atoms with Crippen molar-refractivity contribution < 1.29 is 9.59 Å². The van der Waals surface area contributed by atoms with Crippen LogP contribution in [-0.4, -0.2) is 18.2 Å². The first kappa shape index (κ1) is 24.4. The highest BCUT2D eigenvalue weighted by Gasteiger charge is 2.13. The van der Waals surface area contributed by atoms with Crippen LogP contribution in [0, 0.1) is 6.92 Å². The van der Waals surface area contributed by atoms with E-state index in [9.17, 15) is 9.59 Å². The third-order valence-corrected chi connectivity index (χ3v) is 5.77. The molecule has 0 spiro atoms.